The Bertz CT molecular complexity index is 730. The number of rotatable bonds is 3. The summed E-state index contributed by atoms with van der Waals surface area (Å²) in [5.74, 6) is 0.481. The summed E-state index contributed by atoms with van der Waals surface area (Å²) in [6.07, 6.45) is 7.42. The lowest BCUT2D eigenvalue weighted by molar-refractivity contribution is 0.102. The molecule has 0 fully saturated rings. The number of pyridine rings is 1. The Hall–Kier alpha value is -2.19. The second-order valence-corrected chi connectivity index (χ2v) is 6.64. The molecule has 1 amide bonds. The number of anilines is 1. The van der Waals surface area contributed by atoms with Crippen LogP contribution in [0.2, 0.25) is 0 Å². The summed E-state index contributed by atoms with van der Waals surface area (Å²) in [4.78, 5) is 17.5. The number of nitriles is 1. The third-order valence-electron chi connectivity index (χ3n) is 4.21. The van der Waals surface area contributed by atoms with Gasteiger partial charge in [-0.05, 0) is 42.9 Å². The molecule has 5 heteroatoms. The highest BCUT2D eigenvalue weighted by molar-refractivity contribution is 7.16. The zero-order valence-corrected chi connectivity index (χ0v) is 13.2. The Kier molecular flexibility index (Phi) is 4.21. The summed E-state index contributed by atoms with van der Waals surface area (Å²) >= 11 is 1.55. The first-order chi connectivity index (χ1) is 10.7. The molecule has 0 bridgehead atoms. The highest BCUT2D eigenvalue weighted by Crippen LogP contribution is 2.40. The van der Waals surface area contributed by atoms with Crippen LogP contribution in [0.1, 0.15) is 46.1 Å². The number of hydrogen-bond acceptors (Lipinski definition) is 4. The number of nitrogens with one attached hydrogen (secondary N) is 1. The molecule has 0 spiro atoms. The minimum Gasteiger partial charge on any atom is -0.312 e. The number of hydrogen-bond donors (Lipinski definition) is 1. The molecule has 22 heavy (non-hydrogen) atoms. The lowest BCUT2D eigenvalue weighted by atomic mass is 9.86. The van der Waals surface area contributed by atoms with Crippen LogP contribution in [0.15, 0.2) is 24.5 Å². The predicted molar refractivity (Wildman–Crippen MR) is 87.0 cm³/mol. The largest absolute Gasteiger partial charge is 0.312 e. The number of thiophene rings is 1. The molecule has 0 aromatic carbocycles. The van der Waals surface area contributed by atoms with Crippen molar-refractivity contribution in [2.75, 3.05) is 5.32 Å². The van der Waals surface area contributed by atoms with Crippen molar-refractivity contribution in [1.82, 2.24) is 4.98 Å². The second-order valence-electron chi connectivity index (χ2n) is 5.53. The molecule has 3 rings (SSSR count). The van der Waals surface area contributed by atoms with Crippen LogP contribution < -0.4 is 5.32 Å². The Morgan fingerprint density at radius 3 is 3.14 bits per heavy atom. The Morgan fingerprint density at radius 2 is 2.45 bits per heavy atom. The molecule has 2 aromatic heterocycles. The first kappa shape index (κ1) is 14.7. The number of amides is 1. The lowest BCUT2D eigenvalue weighted by Gasteiger charge is -2.20. The van der Waals surface area contributed by atoms with E-state index >= 15 is 0 Å². The van der Waals surface area contributed by atoms with Crippen LogP contribution in [-0.2, 0) is 12.8 Å². The predicted octanol–water partition coefficient (Wildman–Crippen LogP) is 3.78. The molecule has 0 aliphatic heterocycles. The van der Waals surface area contributed by atoms with Crippen LogP contribution in [-0.4, -0.2) is 10.9 Å². The van der Waals surface area contributed by atoms with Crippen molar-refractivity contribution < 1.29 is 4.79 Å². The van der Waals surface area contributed by atoms with Crippen LogP contribution in [0.25, 0.3) is 0 Å². The smallest absolute Gasteiger partial charge is 0.257 e. The minimum absolute atomic E-state index is 0.213. The third-order valence-corrected chi connectivity index (χ3v) is 5.38. The molecule has 0 saturated heterocycles. The van der Waals surface area contributed by atoms with E-state index in [1.807, 2.05) is 0 Å². The summed E-state index contributed by atoms with van der Waals surface area (Å²) < 4.78 is 0. The molecule has 1 atom stereocenters. The van der Waals surface area contributed by atoms with Crippen molar-refractivity contribution in [2.24, 2.45) is 5.92 Å². The Balaban J connectivity index is 1.87. The zero-order chi connectivity index (χ0) is 15.5. The van der Waals surface area contributed by atoms with Crippen LogP contribution in [0.5, 0.6) is 0 Å². The summed E-state index contributed by atoms with van der Waals surface area (Å²) in [6.45, 7) is 2.21. The standard InChI is InChI=1S/C17H17N3OS/c1-2-11-5-6-13-14(9-18)17(22-15(13)8-11)20-16(21)12-4-3-7-19-10-12/h3-4,7,10-11H,2,5-6,8H2,1H3,(H,20,21). The van der Waals surface area contributed by atoms with E-state index in [1.165, 1.54) is 11.1 Å². The Labute approximate surface area is 133 Å². The molecule has 4 nitrogen and oxygen atoms in total. The fraction of sp³-hybridized carbons (Fsp3) is 0.353. The average Bonchev–Trinajstić information content (AvgIpc) is 2.91. The maximum absolute atomic E-state index is 12.3. The number of carbonyl (C=O) groups excluding carboxylic acids is 1. The highest BCUT2D eigenvalue weighted by Gasteiger charge is 2.25. The van der Waals surface area contributed by atoms with Gasteiger partial charge in [0, 0.05) is 17.3 Å². The molecular weight excluding hydrogens is 294 g/mol. The van der Waals surface area contributed by atoms with E-state index in [2.05, 4.69) is 23.3 Å². The van der Waals surface area contributed by atoms with Gasteiger partial charge in [0.05, 0.1) is 11.1 Å². The highest BCUT2D eigenvalue weighted by atomic mass is 32.1. The van der Waals surface area contributed by atoms with Crippen molar-refractivity contribution in [3.05, 3.63) is 46.1 Å². The molecule has 112 valence electrons. The monoisotopic (exact) mass is 311 g/mol. The molecule has 0 saturated carbocycles. The van der Waals surface area contributed by atoms with Gasteiger partial charge in [-0.15, -0.1) is 11.3 Å². The van der Waals surface area contributed by atoms with E-state index in [9.17, 15) is 10.1 Å². The van der Waals surface area contributed by atoms with E-state index in [0.717, 1.165) is 31.2 Å². The van der Waals surface area contributed by atoms with Crippen molar-refractivity contribution in [1.29, 1.82) is 5.26 Å². The average molecular weight is 311 g/mol. The van der Waals surface area contributed by atoms with E-state index < -0.39 is 0 Å². The minimum atomic E-state index is -0.213. The van der Waals surface area contributed by atoms with Gasteiger partial charge in [-0.1, -0.05) is 13.3 Å². The first-order valence-electron chi connectivity index (χ1n) is 7.49. The van der Waals surface area contributed by atoms with E-state index in [-0.39, 0.29) is 5.91 Å². The second kappa shape index (κ2) is 6.29. The van der Waals surface area contributed by atoms with Gasteiger partial charge in [0.15, 0.2) is 0 Å². The number of aromatic nitrogens is 1. The van der Waals surface area contributed by atoms with Gasteiger partial charge >= 0.3 is 0 Å². The van der Waals surface area contributed by atoms with Crippen molar-refractivity contribution >= 4 is 22.2 Å². The van der Waals surface area contributed by atoms with Crippen molar-refractivity contribution in [3.8, 4) is 6.07 Å². The molecule has 0 radical (unpaired) electrons. The maximum atomic E-state index is 12.3. The van der Waals surface area contributed by atoms with Gasteiger partial charge in [-0.2, -0.15) is 5.26 Å². The quantitative estimate of drug-likeness (QED) is 0.938. The number of carbonyl (C=O) groups is 1. The van der Waals surface area contributed by atoms with E-state index in [1.54, 1.807) is 29.7 Å². The fourth-order valence-corrected chi connectivity index (χ4v) is 4.19. The van der Waals surface area contributed by atoms with Gasteiger partial charge in [0.2, 0.25) is 0 Å². The van der Waals surface area contributed by atoms with Crippen molar-refractivity contribution in [3.63, 3.8) is 0 Å². The van der Waals surface area contributed by atoms with Crippen LogP contribution >= 0.6 is 11.3 Å². The molecule has 1 N–H and O–H groups in total. The van der Waals surface area contributed by atoms with Crippen LogP contribution in [0.4, 0.5) is 5.00 Å². The van der Waals surface area contributed by atoms with Crippen LogP contribution in [0, 0.1) is 17.2 Å². The van der Waals surface area contributed by atoms with Crippen LogP contribution in [0.3, 0.4) is 0 Å². The maximum Gasteiger partial charge on any atom is 0.257 e. The molecule has 1 aliphatic rings. The summed E-state index contributed by atoms with van der Waals surface area (Å²) in [6, 6.07) is 5.72. The van der Waals surface area contributed by atoms with E-state index in [4.69, 9.17) is 0 Å². The van der Waals surface area contributed by atoms with E-state index in [0.29, 0.717) is 22.0 Å². The van der Waals surface area contributed by atoms with Gasteiger partial charge in [0.1, 0.15) is 11.1 Å². The summed E-state index contributed by atoms with van der Waals surface area (Å²) in [5, 5.41) is 13.0. The SMILES string of the molecule is CCC1CCc2c(sc(NC(=O)c3cccnc3)c2C#N)C1. The van der Waals surface area contributed by atoms with Gasteiger partial charge < -0.3 is 5.32 Å². The topological polar surface area (TPSA) is 65.8 Å². The zero-order valence-electron chi connectivity index (χ0n) is 12.4. The Morgan fingerprint density at radius 1 is 1.59 bits per heavy atom. The molecule has 1 unspecified atom stereocenters. The number of nitrogens with zero attached hydrogens (tertiary/aromatic N) is 2. The summed E-state index contributed by atoms with van der Waals surface area (Å²) in [5.41, 5.74) is 2.29. The van der Waals surface area contributed by atoms with Gasteiger partial charge in [0.25, 0.3) is 5.91 Å². The molecule has 1 aliphatic carbocycles. The van der Waals surface area contributed by atoms with Crippen molar-refractivity contribution in [2.45, 2.75) is 32.6 Å². The molecular formula is C17H17N3OS. The number of fused-ring (bicyclic) bond motifs is 1. The van der Waals surface area contributed by atoms with Gasteiger partial charge in [-0.3, -0.25) is 9.78 Å². The summed E-state index contributed by atoms with van der Waals surface area (Å²) in [7, 11) is 0. The first-order valence-corrected chi connectivity index (χ1v) is 8.30. The van der Waals surface area contributed by atoms with Gasteiger partial charge in [-0.25, -0.2) is 0 Å². The molecule has 2 aromatic rings. The fourth-order valence-electron chi connectivity index (χ4n) is 2.88. The normalized spacial score (nSPS) is 16.6. The third kappa shape index (κ3) is 2.75. The molecule has 2 heterocycles. The lowest BCUT2D eigenvalue weighted by Crippen LogP contribution is -2.12.